The van der Waals surface area contributed by atoms with Crippen LogP contribution in [0.15, 0.2) is 24.3 Å². The van der Waals surface area contributed by atoms with Gasteiger partial charge in [-0.1, -0.05) is 23.7 Å². The normalized spacial score (nSPS) is 22.6. The minimum atomic E-state index is -0.503. The van der Waals surface area contributed by atoms with Crippen LogP contribution in [-0.4, -0.2) is 38.8 Å². The van der Waals surface area contributed by atoms with E-state index in [1.807, 2.05) is 24.3 Å². The van der Waals surface area contributed by atoms with Crippen molar-refractivity contribution < 1.29 is 9.53 Å². The van der Waals surface area contributed by atoms with Crippen LogP contribution in [0.1, 0.15) is 31.2 Å². The molecule has 1 unspecified atom stereocenters. The van der Waals surface area contributed by atoms with Crippen LogP contribution in [0.2, 0.25) is 5.02 Å². The number of hydrogen-bond donors (Lipinski definition) is 2. The fraction of sp³-hybridized carbons (Fsp3) is 0.611. The third-order valence-electron chi connectivity index (χ3n) is 5.16. The Labute approximate surface area is 155 Å². The molecular formula is C18H26Cl2N2O2. The molecule has 134 valence electrons. The van der Waals surface area contributed by atoms with Gasteiger partial charge >= 0.3 is 0 Å². The summed E-state index contributed by atoms with van der Waals surface area (Å²) in [6.45, 7) is 4.15. The van der Waals surface area contributed by atoms with Crippen LogP contribution in [0.5, 0.6) is 0 Å². The van der Waals surface area contributed by atoms with Crippen molar-refractivity contribution >= 4 is 29.9 Å². The maximum absolute atomic E-state index is 13.0. The van der Waals surface area contributed by atoms with Crippen molar-refractivity contribution in [3.05, 3.63) is 34.9 Å². The van der Waals surface area contributed by atoms with Gasteiger partial charge in [-0.3, -0.25) is 4.79 Å². The highest BCUT2D eigenvalue weighted by Gasteiger charge is 2.41. The summed E-state index contributed by atoms with van der Waals surface area (Å²) in [5.74, 6) is 0.807. The number of halogens is 2. The van der Waals surface area contributed by atoms with Gasteiger partial charge in [0.05, 0.1) is 5.41 Å². The second-order valence-corrected chi connectivity index (χ2v) is 7.04. The molecule has 2 saturated heterocycles. The van der Waals surface area contributed by atoms with Crippen LogP contribution >= 0.6 is 24.0 Å². The fourth-order valence-corrected chi connectivity index (χ4v) is 3.86. The van der Waals surface area contributed by atoms with Crippen molar-refractivity contribution in [3.8, 4) is 0 Å². The van der Waals surface area contributed by atoms with Gasteiger partial charge in [0, 0.05) is 24.8 Å². The van der Waals surface area contributed by atoms with E-state index in [0.717, 1.165) is 31.6 Å². The first-order chi connectivity index (χ1) is 11.2. The predicted molar refractivity (Wildman–Crippen MR) is 99.0 cm³/mol. The average molecular weight is 373 g/mol. The first-order valence-electron chi connectivity index (χ1n) is 8.53. The van der Waals surface area contributed by atoms with Crippen molar-refractivity contribution in [1.82, 2.24) is 10.6 Å². The molecular weight excluding hydrogens is 347 g/mol. The molecule has 24 heavy (non-hydrogen) atoms. The number of hydrogen-bond acceptors (Lipinski definition) is 3. The zero-order chi connectivity index (χ0) is 16.1. The molecule has 2 heterocycles. The molecule has 1 aromatic carbocycles. The number of rotatable bonds is 5. The van der Waals surface area contributed by atoms with Gasteiger partial charge in [0.1, 0.15) is 0 Å². The van der Waals surface area contributed by atoms with E-state index in [-0.39, 0.29) is 18.3 Å². The van der Waals surface area contributed by atoms with Crippen molar-refractivity contribution in [1.29, 1.82) is 0 Å². The monoisotopic (exact) mass is 372 g/mol. The molecule has 2 N–H and O–H groups in total. The maximum Gasteiger partial charge on any atom is 0.230 e. The standard InChI is InChI=1S/C18H25ClN2O2.ClH/c19-16-3-1-2-15(12-16)18(6-10-23-11-7-18)17(22)21-9-5-14-4-8-20-13-14;/h1-3,12,14,20H,4-11,13H2,(H,21,22);1H. The van der Waals surface area contributed by atoms with Gasteiger partial charge in [0.25, 0.3) is 0 Å². The largest absolute Gasteiger partial charge is 0.381 e. The third-order valence-corrected chi connectivity index (χ3v) is 5.39. The Morgan fingerprint density at radius 2 is 2.17 bits per heavy atom. The summed E-state index contributed by atoms with van der Waals surface area (Å²) < 4.78 is 5.49. The summed E-state index contributed by atoms with van der Waals surface area (Å²) in [6, 6.07) is 7.71. The van der Waals surface area contributed by atoms with E-state index < -0.39 is 5.41 Å². The number of nitrogens with one attached hydrogen (secondary N) is 2. The number of amides is 1. The Morgan fingerprint density at radius 1 is 1.38 bits per heavy atom. The first kappa shape index (κ1) is 19.5. The van der Waals surface area contributed by atoms with Crippen molar-refractivity contribution in [2.75, 3.05) is 32.8 Å². The number of benzene rings is 1. The molecule has 1 aromatic rings. The quantitative estimate of drug-likeness (QED) is 0.835. The third kappa shape index (κ3) is 4.42. The van der Waals surface area contributed by atoms with E-state index in [1.54, 1.807) is 0 Å². The highest BCUT2D eigenvalue weighted by molar-refractivity contribution is 6.30. The molecule has 4 nitrogen and oxygen atoms in total. The molecule has 2 aliphatic rings. The summed E-state index contributed by atoms with van der Waals surface area (Å²) in [5.41, 5.74) is 0.505. The van der Waals surface area contributed by atoms with Gasteiger partial charge in [0.15, 0.2) is 0 Å². The Kier molecular flexibility index (Phi) is 7.35. The molecule has 0 saturated carbocycles. The lowest BCUT2D eigenvalue weighted by molar-refractivity contribution is -0.130. The lowest BCUT2D eigenvalue weighted by Gasteiger charge is -2.36. The first-order valence-corrected chi connectivity index (χ1v) is 8.91. The Balaban J connectivity index is 0.00000208. The summed E-state index contributed by atoms with van der Waals surface area (Å²) >= 11 is 6.15. The highest BCUT2D eigenvalue weighted by atomic mass is 35.5. The van der Waals surface area contributed by atoms with E-state index in [1.165, 1.54) is 6.42 Å². The van der Waals surface area contributed by atoms with Gasteiger partial charge < -0.3 is 15.4 Å². The Hall–Kier alpha value is -0.810. The van der Waals surface area contributed by atoms with Gasteiger partial charge in [-0.05, 0) is 62.4 Å². The van der Waals surface area contributed by atoms with Crippen LogP contribution in [0, 0.1) is 5.92 Å². The second-order valence-electron chi connectivity index (χ2n) is 6.61. The van der Waals surface area contributed by atoms with Gasteiger partial charge in [-0.25, -0.2) is 0 Å². The predicted octanol–water partition coefficient (Wildman–Crippen LogP) is 2.93. The average Bonchev–Trinajstić information content (AvgIpc) is 3.09. The van der Waals surface area contributed by atoms with E-state index in [4.69, 9.17) is 16.3 Å². The van der Waals surface area contributed by atoms with E-state index in [2.05, 4.69) is 10.6 Å². The van der Waals surface area contributed by atoms with Crippen molar-refractivity contribution in [2.24, 2.45) is 5.92 Å². The lowest BCUT2D eigenvalue weighted by Crippen LogP contribution is -2.48. The summed E-state index contributed by atoms with van der Waals surface area (Å²) in [6.07, 6.45) is 3.68. The minimum absolute atomic E-state index is 0. The number of carbonyl (C=O) groups excluding carboxylic acids is 1. The zero-order valence-electron chi connectivity index (χ0n) is 13.9. The number of carbonyl (C=O) groups is 1. The van der Waals surface area contributed by atoms with Crippen LogP contribution in [0.4, 0.5) is 0 Å². The molecule has 0 spiro atoms. The minimum Gasteiger partial charge on any atom is -0.381 e. The smallest absolute Gasteiger partial charge is 0.230 e. The fourth-order valence-electron chi connectivity index (χ4n) is 3.67. The van der Waals surface area contributed by atoms with E-state index >= 15 is 0 Å². The molecule has 0 bridgehead atoms. The molecule has 0 aromatic heterocycles. The van der Waals surface area contributed by atoms with Crippen LogP contribution < -0.4 is 10.6 Å². The van der Waals surface area contributed by atoms with Crippen LogP contribution in [0.3, 0.4) is 0 Å². The van der Waals surface area contributed by atoms with Gasteiger partial charge in [0.2, 0.25) is 5.91 Å². The zero-order valence-corrected chi connectivity index (χ0v) is 15.4. The molecule has 0 radical (unpaired) electrons. The topological polar surface area (TPSA) is 50.4 Å². The van der Waals surface area contributed by atoms with Crippen LogP contribution in [-0.2, 0) is 14.9 Å². The molecule has 2 aliphatic heterocycles. The summed E-state index contributed by atoms with van der Waals surface area (Å²) in [7, 11) is 0. The molecule has 0 aliphatic carbocycles. The molecule has 1 atom stereocenters. The summed E-state index contributed by atoms with van der Waals surface area (Å²) in [5, 5.41) is 7.22. The molecule has 1 amide bonds. The Morgan fingerprint density at radius 3 is 2.83 bits per heavy atom. The van der Waals surface area contributed by atoms with E-state index in [9.17, 15) is 4.79 Å². The van der Waals surface area contributed by atoms with Crippen LogP contribution in [0.25, 0.3) is 0 Å². The SMILES string of the molecule is Cl.O=C(NCCC1CCNC1)C1(c2cccc(Cl)c2)CCOCC1. The van der Waals surface area contributed by atoms with E-state index in [0.29, 0.717) is 37.0 Å². The number of ether oxygens (including phenoxy) is 1. The highest BCUT2D eigenvalue weighted by Crippen LogP contribution is 2.36. The van der Waals surface area contributed by atoms with Gasteiger partial charge in [-0.15, -0.1) is 12.4 Å². The molecule has 2 fully saturated rings. The Bertz CT molecular complexity index is 542. The molecule has 3 rings (SSSR count). The van der Waals surface area contributed by atoms with Gasteiger partial charge in [-0.2, -0.15) is 0 Å². The maximum atomic E-state index is 13.0. The molecule has 6 heteroatoms. The van der Waals surface area contributed by atoms with Crippen molar-refractivity contribution in [2.45, 2.75) is 31.1 Å². The second kappa shape index (κ2) is 9.04. The van der Waals surface area contributed by atoms with Crippen molar-refractivity contribution in [3.63, 3.8) is 0 Å². The lowest BCUT2D eigenvalue weighted by atomic mass is 9.73. The summed E-state index contributed by atoms with van der Waals surface area (Å²) in [4.78, 5) is 13.0.